The van der Waals surface area contributed by atoms with E-state index in [1.165, 1.54) is 4.90 Å². The normalized spacial score (nSPS) is 20.4. The molecule has 1 aliphatic carbocycles. The summed E-state index contributed by atoms with van der Waals surface area (Å²) in [5.41, 5.74) is 6.02. The molecule has 1 saturated carbocycles. The first kappa shape index (κ1) is 35.7. The minimum Gasteiger partial charge on any atom is -0.363 e. The zero-order valence-electron chi connectivity index (χ0n) is 27.9. The highest BCUT2D eigenvalue weighted by atomic mass is 16.2. The Morgan fingerprint density at radius 3 is 2.00 bits per heavy atom. The van der Waals surface area contributed by atoms with Gasteiger partial charge in [0.25, 0.3) is 5.91 Å². The Labute approximate surface area is 266 Å². The third kappa shape index (κ3) is 9.14. The highest BCUT2D eigenvalue weighted by Gasteiger charge is 2.48. The second-order valence-electron chi connectivity index (χ2n) is 14.5. The maximum Gasteiger partial charge on any atom is 0.316 e. The average Bonchev–Trinajstić information content (AvgIpc) is 3.65. The fourth-order valence-electron chi connectivity index (χ4n) is 6.01. The van der Waals surface area contributed by atoms with Crippen LogP contribution in [0.5, 0.6) is 0 Å². The number of nitrogens with one attached hydrogen (secondary N) is 3. The number of aryl methyl sites for hydroxylation is 1. The van der Waals surface area contributed by atoms with Crippen LogP contribution in [-0.2, 0) is 19.2 Å². The van der Waals surface area contributed by atoms with Crippen LogP contribution in [0.4, 0.5) is 4.79 Å². The Balaban J connectivity index is 1.83. The molecule has 1 heterocycles. The van der Waals surface area contributed by atoms with Crippen LogP contribution in [0, 0.1) is 36.0 Å². The molecule has 5 amide bonds. The van der Waals surface area contributed by atoms with Gasteiger partial charge in [0, 0.05) is 12.1 Å². The number of hydrogen-bond donors (Lipinski definition) is 4. The third-order valence-corrected chi connectivity index (χ3v) is 8.95. The number of benzene rings is 1. The van der Waals surface area contributed by atoms with Gasteiger partial charge >= 0.3 is 6.03 Å². The number of primary amides is 1. The molecule has 0 aromatic heterocycles. The summed E-state index contributed by atoms with van der Waals surface area (Å²) in [4.78, 5) is 80.6. The van der Waals surface area contributed by atoms with Gasteiger partial charge < -0.3 is 26.6 Å². The first-order chi connectivity index (χ1) is 20.9. The van der Waals surface area contributed by atoms with E-state index in [9.17, 15) is 28.8 Å². The lowest BCUT2D eigenvalue weighted by Gasteiger charge is -2.37. The van der Waals surface area contributed by atoms with E-state index in [1.54, 1.807) is 12.1 Å². The first-order valence-corrected chi connectivity index (χ1v) is 16.0. The van der Waals surface area contributed by atoms with Crippen LogP contribution in [0.2, 0.25) is 0 Å². The molecule has 5 N–H and O–H groups in total. The van der Waals surface area contributed by atoms with Gasteiger partial charge in [-0.2, -0.15) is 0 Å². The van der Waals surface area contributed by atoms with Crippen molar-refractivity contribution in [3.8, 4) is 0 Å². The minimum atomic E-state index is -1.11. The molecule has 11 nitrogen and oxygen atoms in total. The fourth-order valence-corrected chi connectivity index (χ4v) is 6.01. The number of carbonyl (C=O) groups excluding carboxylic acids is 6. The standard InChI is InChI=1S/C34H51N5O6/c1-18(2)23-15-16-39(26(23)31(43)36-24(17-21-11-12-21)28(41)30(35)42)32(44)29(34(6,7)8)38-33(45)37-25(19(3)4)27(40)22-13-9-20(5)10-14-22/h9-10,13-14,18-19,21,23-26,29H,11-12,15-17H2,1-8H3,(H2,35,42)(H,36,43)(H2,37,38,45)/t23-,24?,25+,26?,29-/m1/s1. The maximum atomic E-state index is 14.2. The second kappa shape index (κ2) is 14.6. The van der Waals surface area contributed by atoms with Crippen LogP contribution in [0.25, 0.3) is 0 Å². The van der Waals surface area contributed by atoms with Gasteiger partial charge in [0.2, 0.25) is 17.6 Å². The predicted molar refractivity (Wildman–Crippen MR) is 171 cm³/mol. The topological polar surface area (TPSA) is 168 Å². The SMILES string of the molecule is Cc1ccc(C(=O)[C@@H](NC(=O)N[C@H](C(=O)N2CC[C@H](C(C)C)C2C(=O)NC(CC2CC2)C(=O)C(N)=O)C(C)(C)C)C(C)C)cc1. The summed E-state index contributed by atoms with van der Waals surface area (Å²) >= 11 is 0. The van der Waals surface area contributed by atoms with Gasteiger partial charge in [-0.1, -0.05) is 91.1 Å². The van der Waals surface area contributed by atoms with Crippen molar-refractivity contribution in [2.45, 2.75) is 105 Å². The highest BCUT2D eigenvalue weighted by Crippen LogP contribution is 2.35. The maximum absolute atomic E-state index is 14.2. The number of likely N-dealkylation sites (tertiary alicyclic amines) is 1. The Hall–Kier alpha value is -3.76. The van der Waals surface area contributed by atoms with Gasteiger partial charge in [-0.25, -0.2) is 4.79 Å². The molecule has 1 aromatic carbocycles. The molecule has 2 aliphatic rings. The van der Waals surface area contributed by atoms with E-state index in [0.717, 1.165) is 18.4 Å². The van der Waals surface area contributed by atoms with E-state index in [1.807, 2.05) is 67.5 Å². The van der Waals surface area contributed by atoms with Gasteiger partial charge in [0.15, 0.2) is 5.78 Å². The molecule has 1 aliphatic heterocycles. The zero-order chi connectivity index (χ0) is 33.8. The number of carbonyl (C=O) groups is 6. The summed E-state index contributed by atoms with van der Waals surface area (Å²) in [5.74, 6) is -3.29. The number of urea groups is 1. The van der Waals surface area contributed by atoms with Crippen molar-refractivity contribution in [2.75, 3.05) is 6.54 Å². The molecule has 0 radical (unpaired) electrons. The third-order valence-electron chi connectivity index (χ3n) is 8.95. The van der Waals surface area contributed by atoms with E-state index in [4.69, 9.17) is 5.73 Å². The number of hydrogen-bond acceptors (Lipinski definition) is 6. The van der Waals surface area contributed by atoms with Crippen LogP contribution >= 0.6 is 0 Å². The lowest BCUT2D eigenvalue weighted by molar-refractivity contribution is -0.144. The number of ketones is 2. The zero-order valence-corrected chi connectivity index (χ0v) is 27.9. The number of Topliss-reactive ketones (excluding diaryl/α,β-unsaturated/α-hetero) is 2. The molecule has 3 rings (SSSR count). The van der Waals surface area contributed by atoms with Gasteiger partial charge in [-0.3, -0.25) is 24.0 Å². The van der Waals surface area contributed by atoms with E-state index in [0.29, 0.717) is 18.4 Å². The first-order valence-electron chi connectivity index (χ1n) is 16.0. The van der Waals surface area contributed by atoms with Crippen molar-refractivity contribution in [3.05, 3.63) is 35.4 Å². The van der Waals surface area contributed by atoms with E-state index in [-0.39, 0.29) is 36.0 Å². The number of amides is 5. The van der Waals surface area contributed by atoms with Crippen molar-refractivity contribution in [3.63, 3.8) is 0 Å². The molecule has 1 saturated heterocycles. The number of nitrogens with zero attached hydrogens (tertiary/aromatic N) is 1. The molecule has 1 aromatic rings. The number of rotatable bonds is 13. The smallest absolute Gasteiger partial charge is 0.316 e. The molecule has 2 fully saturated rings. The Kier molecular flexibility index (Phi) is 11.6. The molecule has 2 unspecified atom stereocenters. The predicted octanol–water partition coefficient (Wildman–Crippen LogP) is 3.13. The van der Waals surface area contributed by atoms with Gasteiger partial charge in [0.05, 0.1) is 12.1 Å². The molecular formula is C34H51N5O6. The van der Waals surface area contributed by atoms with Gasteiger partial charge in [0.1, 0.15) is 12.1 Å². The van der Waals surface area contributed by atoms with E-state index < -0.39 is 59.1 Å². The monoisotopic (exact) mass is 625 g/mol. The highest BCUT2D eigenvalue weighted by molar-refractivity contribution is 6.37. The van der Waals surface area contributed by atoms with Crippen LogP contribution in [-0.4, -0.2) is 70.9 Å². The van der Waals surface area contributed by atoms with Crippen molar-refractivity contribution in [2.24, 2.45) is 34.8 Å². The van der Waals surface area contributed by atoms with Crippen molar-refractivity contribution in [1.82, 2.24) is 20.9 Å². The molecular weight excluding hydrogens is 574 g/mol. The largest absolute Gasteiger partial charge is 0.363 e. The summed E-state index contributed by atoms with van der Waals surface area (Å²) < 4.78 is 0. The van der Waals surface area contributed by atoms with Crippen LogP contribution in [0.1, 0.15) is 90.1 Å². The van der Waals surface area contributed by atoms with E-state index >= 15 is 0 Å². The molecule has 0 bridgehead atoms. The summed E-state index contributed by atoms with van der Waals surface area (Å²) in [5, 5.41) is 8.34. The van der Waals surface area contributed by atoms with Crippen LogP contribution < -0.4 is 21.7 Å². The Morgan fingerprint density at radius 2 is 1.51 bits per heavy atom. The average molecular weight is 626 g/mol. The van der Waals surface area contributed by atoms with Gasteiger partial charge in [-0.05, 0) is 48.9 Å². The van der Waals surface area contributed by atoms with Crippen molar-refractivity contribution < 1.29 is 28.8 Å². The molecule has 0 spiro atoms. The van der Waals surface area contributed by atoms with Crippen LogP contribution in [0.3, 0.4) is 0 Å². The number of nitrogens with two attached hydrogens (primary N) is 1. The molecule has 5 atom stereocenters. The van der Waals surface area contributed by atoms with Crippen LogP contribution in [0.15, 0.2) is 24.3 Å². The minimum absolute atomic E-state index is 0.0382. The Morgan fingerprint density at radius 1 is 0.911 bits per heavy atom. The molecule has 248 valence electrons. The summed E-state index contributed by atoms with van der Waals surface area (Å²) in [6.07, 6.45) is 2.71. The quantitative estimate of drug-likeness (QED) is 0.194. The molecule has 45 heavy (non-hydrogen) atoms. The van der Waals surface area contributed by atoms with E-state index in [2.05, 4.69) is 16.0 Å². The van der Waals surface area contributed by atoms with Crippen molar-refractivity contribution in [1.29, 1.82) is 0 Å². The lowest BCUT2D eigenvalue weighted by atomic mass is 9.84. The molecule has 11 heteroatoms. The Bertz CT molecular complexity index is 1280. The lowest BCUT2D eigenvalue weighted by Crippen LogP contribution is -2.62. The summed E-state index contributed by atoms with van der Waals surface area (Å²) in [6.45, 7) is 15.3. The van der Waals surface area contributed by atoms with Gasteiger partial charge in [-0.15, -0.1) is 0 Å². The second-order valence-corrected chi connectivity index (χ2v) is 14.5. The summed E-state index contributed by atoms with van der Waals surface area (Å²) in [7, 11) is 0. The summed E-state index contributed by atoms with van der Waals surface area (Å²) in [6, 6.07) is 2.65. The van der Waals surface area contributed by atoms with Crippen molar-refractivity contribution >= 4 is 35.3 Å². The fraction of sp³-hybridized carbons (Fsp3) is 0.647.